The average molecular weight is 141 g/mol. The van der Waals surface area contributed by atoms with Gasteiger partial charge in [-0.3, -0.25) is 0 Å². The molecule has 0 N–H and O–H groups in total. The van der Waals surface area contributed by atoms with E-state index in [1.54, 1.807) is 0 Å². The Morgan fingerprint density at radius 2 is 2.11 bits per heavy atom. The predicted molar refractivity (Wildman–Crippen MR) is 48.6 cm³/mol. The van der Waals surface area contributed by atoms with Crippen molar-refractivity contribution >= 4 is 14.8 Å². The van der Waals surface area contributed by atoms with Crippen LogP contribution in [0.1, 0.15) is 20.3 Å². The first kappa shape index (κ1) is 9.23. The number of hydrogen-bond acceptors (Lipinski definition) is 0. The van der Waals surface area contributed by atoms with Gasteiger partial charge in [0.25, 0.3) is 0 Å². The smallest absolute Gasteiger partial charge is 0.148 e. The fraction of sp³-hybridized carbons (Fsp3) is 0.714. The first-order valence-electron chi connectivity index (χ1n) is 3.37. The highest BCUT2D eigenvalue weighted by Gasteiger charge is 1.97. The summed E-state index contributed by atoms with van der Waals surface area (Å²) in [4.78, 5) is 0. The van der Waals surface area contributed by atoms with E-state index in [-0.39, 0.29) is 7.80 Å². The molecule has 0 aliphatic carbocycles. The summed E-state index contributed by atoms with van der Waals surface area (Å²) in [6.45, 7) is 11.2. The minimum Gasteiger partial charge on any atom is -0.148 e. The van der Waals surface area contributed by atoms with Crippen LogP contribution >= 0.6 is 7.80 Å². The summed E-state index contributed by atoms with van der Waals surface area (Å²) in [6.07, 6.45) is 3.37. The van der Waals surface area contributed by atoms with Gasteiger partial charge in [-0.05, 0) is 13.3 Å². The van der Waals surface area contributed by atoms with Gasteiger partial charge in [0.05, 0.1) is 0 Å². The van der Waals surface area contributed by atoms with Crippen molar-refractivity contribution in [2.75, 3.05) is 13.3 Å². The largest absolute Gasteiger partial charge is 0.179 e. The zero-order chi connectivity index (χ0) is 7.28. The highest BCUT2D eigenvalue weighted by Crippen LogP contribution is 2.25. The highest BCUT2D eigenvalue weighted by atomic mass is 31.1. The van der Waals surface area contributed by atoms with Crippen molar-refractivity contribution in [3.63, 3.8) is 0 Å². The first-order chi connectivity index (χ1) is 4.20. The molecular weight excluding hydrogens is 126 g/mol. The van der Waals surface area contributed by atoms with E-state index in [1.807, 2.05) is 0 Å². The quantitative estimate of drug-likeness (QED) is 0.418. The topological polar surface area (TPSA) is 0 Å². The summed E-state index contributed by atoms with van der Waals surface area (Å²) < 4.78 is 0. The van der Waals surface area contributed by atoms with E-state index in [2.05, 4.69) is 40.3 Å². The van der Waals surface area contributed by atoms with E-state index >= 15 is 0 Å². The molecule has 0 spiro atoms. The summed E-state index contributed by atoms with van der Waals surface area (Å²) in [5, 5.41) is 0. The monoisotopic (exact) mass is 141 g/mol. The molecule has 0 aromatic carbocycles. The molecule has 2 heteroatoms. The van der Waals surface area contributed by atoms with Gasteiger partial charge in [-0.25, -0.2) is 0 Å². The van der Waals surface area contributed by atoms with Gasteiger partial charge in [0, 0.05) is 0 Å². The maximum Gasteiger partial charge on any atom is 0.179 e. The van der Waals surface area contributed by atoms with Gasteiger partial charge in [0.1, 0.15) is 0 Å². The molecule has 0 atom stereocenters. The van der Waals surface area contributed by atoms with Gasteiger partial charge in [0.15, 0.2) is 7.00 Å². The van der Waals surface area contributed by atoms with E-state index in [0.717, 1.165) is 0 Å². The average Bonchev–Trinajstić information content (AvgIpc) is 1.82. The van der Waals surface area contributed by atoms with E-state index in [1.165, 1.54) is 11.9 Å². The zero-order valence-electron chi connectivity index (χ0n) is 6.81. The van der Waals surface area contributed by atoms with Crippen molar-refractivity contribution in [2.24, 2.45) is 0 Å². The molecule has 0 aliphatic heterocycles. The normalized spacial score (nSPS) is 12.3. The van der Waals surface area contributed by atoms with Crippen LogP contribution in [0.5, 0.6) is 0 Å². The molecule has 1 radical (unpaired) electrons. The molecule has 0 rings (SSSR count). The Hall–Kier alpha value is 0.235. The Morgan fingerprint density at radius 3 is 2.22 bits per heavy atom. The Bertz CT molecular complexity index is 97.1. The van der Waals surface area contributed by atoms with Gasteiger partial charge < -0.3 is 0 Å². The van der Waals surface area contributed by atoms with Crippen molar-refractivity contribution in [3.8, 4) is 0 Å². The van der Waals surface area contributed by atoms with Crippen LogP contribution in [0.2, 0.25) is 0 Å². The van der Waals surface area contributed by atoms with Gasteiger partial charge in [-0.2, -0.15) is 0 Å². The molecule has 0 fully saturated rings. The summed E-state index contributed by atoms with van der Waals surface area (Å²) >= 11 is 0. The van der Waals surface area contributed by atoms with E-state index in [9.17, 15) is 0 Å². The van der Waals surface area contributed by atoms with Crippen LogP contribution in [0.4, 0.5) is 0 Å². The van der Waals surface area contributed by atoms with E-state index in [0.29, 0.717) is 0 Å². The Morgan fingerprint density at radius 1 is 1.56 bits per heavy atom. The SMILES string of the molecule is C/C=C(/[B]P(C)C)CC. The standard InChI is InChI=1S/C7H15BP/c1-5-7(6-2)8-9(3)4/h5H,6H2,1-4H3/b7-5+. The Kier molecular flexibility index (Phi) is 5.19. The molecule has 0 saturated carbocycles. The van der Waals surface area contributed by atoms with Gasteiger partial charge in [0.2, 0.25) is 0 Å². The maximum atomic E-state index is 2.37. The molecule has 0 aromatic rings. The lowest BCUT2D eigenvalue weighted by atomic mass is 9.91. The van der Waals surface area contributed by atoms with Gasteiger partial charge >= 0.3 is 0 Å². The van der Waals surface area contributed by atoms with Crippen molar-refractivity contribution in [2.45, 2.75) is 20.3 Å². The van der Waals surface area contributed by atoms with Crippen molar-refractivity contribution in [3.05, 3.63) is 11.5 Å². The third-order valence-electron chi connectivity index (χ3n) is 1.20. The Labute approximate surface area is 60.7 Å². The summed E-state index contributed by atoms with van der Waals surface area (Å²) in [6, 6.07) is 0. The number of hydrogen-bond donors (Lipinski definition) is 0. The maximum absolute atomic E-state index is 2.37. The summed E-state index contributed by atoms with van der Waals surface area (Å²) in [5.41, 5.74) is 1.49. The molecular formula is C7H15BP. The lowest BCUT2D eigenvalue weighted by Crippen LogP contribution is -1.91. The third kappa shape index (κ3) is 4.72. The second kappa shape index (κ2) is 5.05. The van der Waals surface area contributed by atoms with Gasteiger partial charge in [-0.15, -0.1) is 13.3 Å². The van der Waals surface area contributed by atoms with Crippen molar-refractivity contribution in [1.82, 2.24) is 0 Å². The minimum atomic E-state index is 0.155. The molecule has 0 aliphatic rings. The van der Waals surface area contributed by atoms with Crippen LogP contribution in [0.3, 0.4) is 0 Å². The summed E-state index contributed by atoms with van der Waals surface area (Å²) in [7, 11) is 0.155. The molecule has 0 heterocycles. The lowest BCUT2D eigenvalue weighted by molar-refractivity contribution is 1.18. The molecule has 0 unspecified atom stereocenters. The lowest BCUT2D eigenvalue weighted by Gasteiger charge is -2.04. The molecule has 0 bridgehead atoms. The minimum absolute atomic E-state index is 0.155. The molecule has 0 nitrogen and oxygen atoms in total. The van der Waals surface area contributed by atoms with E-state index in [4.69, 9.17) is 0 Å². The highest BCUT2D eigenvalue weighted by molar-refractivity contribution is 7.85. The van der Waals surface area contributed by atoms with Crippen LogP contribution in [0, 0.1) is 0 Å². The second-order valence-electron chi connectivity index (χ2n) is 2.31. The molecule has 0 saturated heterocycles. The van der Waals surface area contributed by atoms with Crippen LogP contribution in [0.15, 0.2) is 11.5 Å². The Balaban J connectivity index is 3.58. The van der Waals surface area contributed by atoms with Gasteiger partial charge in [-0.1, -0.05) is 26.3 Å². The number of rotatable bonds is 3. The van der Waals surface area contributed by atoms with Crippen molar-refractivity contribution < 1.29 is 0 Å². The van der Waals surface area contributed by atoms with Crippen LogP contribution < -0.4 is 0 Å². The second-order valence-corrected chi connectivity index (χ2v) is 4.50. The summed E-state index contributed by atoms with van der Waals surface area (Å²) in [5.74, 6) is 0. The fourth-order valence-corrected chi connectivity index (χ4v) is 1.70. The number of allylic oxidation sites excluding steroid dienone is 2. The third-order valence-corrected chi connectivity index (χ3v) is 2.05. The molecule has 0 aromatic heterocycles. The zero-order valence-corrected chi connectivity index (χ0v) is 7.70. The van der Waals surface area contributed by atoms with Crippen LogP contribution in [-0.2, 0) is 0 Å². The fourth-order valence-electron chi connectivity index (χ4n) is 0.702. The molecule has 0 amide bonds. The molecule has 51 valence electrons. The first-order valence-corrected chi connectivity index (χ1v) is 5.67. The van der Waals surface area contributed by atoms with Crippen LogP contribution in [0.25, 0.3) is 0 Å². The van der Waals surface area contributed by atoms with Crippen LogP contribution in [-0.4, -0.2) is 20.3 Å². The van der Waals surface area contributed by atoms with Crippen molar-refractivity contribution in [1.29, 1.82) is 0 Å². The molecule has 9 heavy (non-hydrogen) atoms. The van der Waals surface area contributed by atoms with E-state index < -0.39 is 0 Å². The predicted octanol–water partition coefficient (Wildman–Crippen LogP) is 2.66.